The van der Waals surface area contributed by atoms with Gasteiger partial charge in [0.1, 0.15) is 0 Å². The van der Waals surface area contributed by atoms with Crippen molar-refractivity contribution in [3.63, 3.8) is 0 Å². The highest BCUT2D eigenvalue weighted by atomic mass is 35.5. The van der Waals surface area contributed by atoms with Gasteiger partial charge in [0, 0.05) is 16.8 Å². The lowest BCUT2D eigenvalue weighted by Crippen LogP contribution is -2.34. The number of hydrogen-bond donors (Lipinski definition) is 2. The summed E-state index contributed by atoms with van der Waals surface area (Å²) in [7, 11) is 0. The van der Waals surface area contributed by atoms with Gasteiger partial charge in [-0.15, -0.1) is 0 Å². The predicted octanol–water partition coefficient (Wildman–Crippen LogP) is 7.43. The number of benzene rings is 5. The summed E-state index contributed by atoms with van der Waals surface area (Å²) >= 11 is 6.82. The Morgan fingerprint density at radius 3 is 1.73 bits per heavy atom. The van der Waals surface area contributed by atoms with Gasteiger partial charge in [-0.3, -0.25) is 4.79 Å². The Balaban J connectivity index is 1.96. The van der Waals surface area contributed by atoms with Crippen LogP contribution in [0.3, 0.4) is 0 Å². The van der Waals surface area contributed by atoms with Crippen molar-refractivity contribution in [2.24, 2.45) is 0 Å². The second-order valence-electron chi connectivity index (χ2n) is 9.08. The highest BCUT2D eigenvalue weighted by Gasteiger charge is 2.43. The third-order valence-corrected chi connectivity index (χ3v) is 7.32. The zero-order valence-corrected chi connectivity index (χ0v) is 21.2. The normalized spacial score (nSPS) is 11.3. The number of nitrogens with two attached hydrogens (primary N) is 2. The molecular formula is C33H27ClN2O. The molecule has 0 aliphatic heterocycles. The first-order valence-corrected chi connectivity index (χ1v) is 12.5. The SMILES string of the molecule is Cc1c(C(=O)c2ccccc2)cc(Cl)c(N)c1C(c1ccccc1)(c1ccccc1)c1ccccc1N. The number of carbonyl (C=O) groups excluding carboxylic acids is 1. The van der Waals surface area contributed by atoms with Gasteiger partial charge in [-0.05, 0) is 46.9 Å². The van der Waals surface area contributed by atoms with Gasteiger partial charge in [0.2, 0.25) is 0 Å². The molecule has 4 heteroatoms. The first-order chi connectivity index (χ1) is 18.0. The molecule has 5 rings (SSSR count). The van der Waals surface area contributed by atoms with Crippen LogP contribution in [0.4, 0.5) is 11.4 Å². The van der Waals surface area contributed by atoms with E-state index >= 15 is 0 Å². The van der Waals surface area contributed by atoms with Gasteiger partial charge in [0.15, 0.2) is 5.78 Å². The summed E-state index contributed by atoms with van der Waals surface area (Å²) in [5, 5.41) is 0.325. The van der Waals surface area contributed by atoms with E-state index in [1.165, 1.54) is 0 Å². The van der Waals surface area contributed by atoms with Crippen LogP contribution in [0, 0.1) is 6.92 Å². The maximum Gasteiger partial charge on any atom is 0.193 e. The van der Waals surface area contributed by atoms with E-state index in [1.54, 1.807) is 6.07 Å². The van der Waals surface area contributed by atoms with Crippen molar-refractivity contribution in [3.8, 4) is 0 Å². The molecule has 0 unspecified atom stereocenters. The second kappa shape index (κ2) is 9.96. The largest absolute Gasteiger partial charge is 0.398 e. The fraction of sp³-hybridized carbons (Fsp3) is 0.0606. The van der Waals surface area contributed by atoms with Gasteiger partial charge in [0.25, 0.3) is 0 Å². The number of hydrogen-bond acceptors (Lipinski definition) is 3. The Bertz CT molecular complexity index is 1530. The summed E-state index contributed by atoms with van der Waals surface area (Å²) in [6, 6.07) is 38.9. The quantitative estimate of drug-likeness (QED) is 0.144. The lowest BCUT2D eigenvalue weighted by Gasteiger charge is -2.40. The summed E-state index contributed by atoms with van der Waals surface area (Å²) in [5.74, 6) is -0.114. The molecule has 0 saturated carbocycles. The minimum atomic E-state index is -0.932. The molecule has 0 spiro atoms. The minimum Gasteiger partial charge on any atom is -0.398 e. The summed E-state index contributed by atoms with van der Waals surface area (Å²) in [6.07, 6.45) is 0. The van der Waals surface area contributed by atoms with Crippen LogP contribution in [0.15, 0.2) is 121 Å². The molecule has 0 heterocycles. The molecule has 4 N–H and O–H groups in total. The van der Waals surface area contributed by atoms with Crippen LogP contribution in [0.1, 0.15) is 43.7 Å². The van der Waals surface area contributed by atoms with E-state index in [0.717, 1.165) is 27.8 Å². The molecule has 0 aliphatic rings. The van der Waals surface area contributed by atoms with E-state index in [-0.39, 0.29) is 5.78 Å². The lowest BCUT2D eigenvalue weighted by atomic mass is 9.62. The van der Waals surface area contributed by atoms with Crippen LogP contribution in [0.2, 0.25) is 5.02 Å². The Labute approximate surface area is 222 Å². The maximum atomic E-state index is 13.8. The molecule has 5 aromatic carbocycles. The minimum absolute atomic E-state index is 0.114. The summed E-state index contributed by atoms with van der Waals surface area (Å²) in [4.78, 5) is 13.8. The van der Waals surface area contributed by atoms with Crippen LogP contribution >= 0.6 is 11.6 Å². The summed E-state index contributed by atoms with van der Waals surface area (Å²) < 4.78 is 0. The summed E-state index contributed by atoms with van der Waals surface area (Å²) in [6.45, 7) is 1.94. The van der Waals surface area contributed by atoms with Crippen LogP contribution in [0.5, 0.6) is 0 Å². The number of ketones is 1. The number of anilines is 2. The zero-order valence-electron chi connectivity index (χ0n) is 20.5. The summed E-state index contributed by atoms with van der Waals surface area (Å²) in [5.41, 5.74) is 19.0. The van der Waals surface area contributed by atoms with Crippen LogP contribution < -0.4 is 11.5 Å². The molecule has 37 heavy (non-hydrogen) atoms. The first kappa shape index (κ1) is 24.4. The van der Waals surface area contributed by atoms with Gasteiger partial charge in [-0.25, -0.2) is 0 Å². The number of rotatable bonds is 6. The molecule has 0 bridgehead atoms. The van der Waals surface area contributed by atoms with Crippen molar-refractivity contribution < 1.29 is 4.79 Å². The van der Waals surface area contributed by atoms with Crippen molar-refractivity contribution >= 4 is 28.8 Å². The topological polar surface area (TPSA) is 69.1 Å². The third-order valence-electron chi connectivity index (χ3n) is 7.01. The molecule has 0 aromatic heterocycles. The van der Waals surface area contributed by atoms with Crippen molar-refractivity contribution in [1.82, 2.24) is 0 Å². The van der Waals surface area contributed by atoms with Gasteiger partial charge in [-0.2, -0.15) is 0 Å². The molecule has 0 atom stereocenters. The lowest BCUT2D eigenvalue weighted by molar-refractivity contribution is 0.103. The van der Waals surface area contributed by atoms with Gasteiger partial charge >= 0.3 is 0 Å². The Kier molecular flexibility index (Phi) is 6.56. The number of nitrogen functional groups attached to an aromatic ring is 2. The molecule has 0 fully saturated rings. The fourth-order valence-electron chi connectivity index (χ4n) is 5.35. The third kappa shape index (κ3) is 4.08. The molecule has 0 aliphatic carbocycles. The standard InChI is InChI=1S/C33H27ClN2O/c1-22-26(32(37)23-13-5-2-6-14-23)21-28(34)31(36)30(22)33(24-15-7-3-8-16-24,25-17-9-4-10-18-25)27-19-11-12-20-29(27)35/h2-21H,35-36H2,1H3. The number of halogens is 1. The Morgan fingerprint density at radius 2 is 1.19 bits per heavy atom. The van der Waals surface area contributed by atoms with Crippen LogP contribution in [-0.4, -0.2) is 5.78 Å². The van der Waals surface area contributed by atoms with E-state index in [2.05, 4.69) is 24.3 Å². The van der Waals surface area contributed by atoms with Crippen LogP contribution in [-0.2, 0) is 5.41 Å². The van der Waals surface area contributed by atoms with Crippen molar-refractivity contribution in [2.45, 2.75) is 12.3 Å². The van der Waals surface area contributed by atoms with E-state index in [4.69, 9.17) is 23.1 Å². The zero-order chi connectivity index (χ0) is 26.0. The van der Waals surface area contributed by atoms with E-state index in [9.17, 15) is 4.79 Å². The number of carbonyl (C=O) groups is 1. The van der Waals surface area contributed by atoms with Gasteiger partial charge < -0.3 is 11.5 Å². The van der Waals surface area contributed by atoms with Crippen molar-refractivity contribution in [3.05, 3.63) is 165 Å². The average molecular weight is 503 g/mol. The molecule has 0 amide bonds. The van der Waals surface area contributed by atoms with Crippen molar-refractivity contribution in [1.29, 1.82) is 0 Å². The van der Waals surface area contributed by atoms with E-state index in [0.29, 0.717) is 27.5 Å². The van der Waals surface area contributed by atoms with Crippen molar-refractivity contribution in [2.75, 3.05) is 11.5 Å². The highest BCUT2D eigenvalue weighted by Crippen LogP contribution is 2.51. The predicted molar refractivity (Wildman–Crippen MR) is 153 cm³/mol. The molecule has 0 radical (unpaired) electrons. The molecule has 3 nitrogen and oxygen atoms in total. The molecule has 0 saturated heterocycles. The first-order valence-electron chi connectivity index (χ1n) is 12.1. The highest BCUT2D eigenvalue weighted by molar-refractivity contribution is 6.34. The van der Waals surface area contributed by atoms with E-state index in [1.807, 2.05) is 97.9 Å². The molecular weight excluding hydrogens is 476 g/mol. The Hall–Kier alpha value is -4.34. The monoisotopic (exact) mass is 502 g/mol. The number of para-hydroxylation sites is 1. The second-order valence-corrected chi connectivity index (χ2v) is 9.49. The average Bonchev–Trinajstić information content (AvgIpc) is 2.95. The van der Waals surface area contributed by atoms with E-state index < -0.39 is 5.41 Å². The Morgan fingerprint density at radius 1 is 0.703 bits per heavy atom. The smallest absolute Gasteiger partial charge is 0.193 e. The van der Waals surface area contributed by atoms with Gasteiger partial charge in [0.05, 0.1) is 16.1 Å². The van der Waals surface area contributed by atoms with Gasteiger partial charge in [-0.1, -0.05) is 121 Å². The van der Waals surface area contributed by atoms with Crippen LogP contribution in [0.25, 0.3) is 0 Å². The fourth-order valence-corrected chi connectivity index (χ4v) is 5.55. The molecule has 182 valence electrons. The molecule has 5 aromatic rings. The maximum absolute atomic E-state index is 13.8.